The van der Waals surface area contributed by atoms with E-state index in [2.05, 4.69) is 29.8 Å². The van der Waals surface area contributed by atoms with Gasteiger partial charge in [-0.3, -0.25) is 9.59 Å². The Kier molecular flexibility index (Phi) is 3.13. The van der Waals surface area contributed by atoms with Gasteiger partial charge in [-0.1, -0.05) is 35.4 Å². The third kappa shape index (κ3) is 1.72. The Bertz CT molecular complexity index is 594. The molecular formula is C19H25BrO2. The zero-order chi connectivity index (χ0) is 15.8. The van der Waals surface area contributed by atoms with Gasteiger partial charge in [0.2, 0.25) is 0 Å². The zero-order valence-electron chi connectivity index (χ0n) is 13.6. The molecule has 0 aromatic carbocycles. The molecule has 2 nitrogen and oxygen atoms in total. The van der Waals surface area contributed by atoms with Crippen LogP contribution < -0.4 is 0 Å². The van der Waals surface area contributed by atoms with Crippen molar-refractivity contribution < 1.29 is 9.59 Å². The highest BCUT2D eigenvalue weighted by Gasteiger charge is 2.65. The van der Waals surface area contributed by atoms with Crippen LogP contribution >= 0.6 is 15.9 Å². The Hall–Kier alpha value is -0.440. The quantitative estimate of drug-likeness (QED) is 0.588. The van der Waals surface area contributed by atoms with Crippen LogP contribution in [0.25, 0.3) is 0 Å². The van der Waals surface area contributed by atoms with Crippen molar-refractivity contribution in [2.45, 2.75) is 69.5 Å². The molecule has 0 saturated heterocycles. The van der Waals surface area contributed by atoms with E-state index in [4.69, 9.17) is 0 Å². The molecule has 4 aliphatic carbocycles. The number of ketones is 2. The molecule has 0 heterocycles. The molecule has 0 N–H and O–H groups in total. The topological polar surface area (TPSA) is 34.1 Å². The Morgan fingerprint density at radius 3 is 2.45 bits per heavy atom. The number of carbonyl (C=O) groups is 2. The zero-order valence-corrected chi connectivity index (χ0v) is 15.2. The maximum atomic E-state index is 12.5. The first-order valence-electron chi connectivity index (χ1n) is 8.77. The van der Waals surface area contributed by atoms with Crippen molar-refractivity contribution in [1.82, 2.24) is 0 Å². The predicted octanol–water partition coefficient (Wildman–Crippen LogP) is 4.60. The van der Waals surface area contributed by atoms with E-state index in [1.807, 2.05) is 6.08 Å². The average Bonchev–Trinajstić information content (AvgIpc) is 2.77. The molecule has 3 fully saturated rings. The molecule has 3 heteroatoms. The summed E-state index contributed by atoms with van der Waals surface area (Å²) in [5.41, 5.74) is 1.43. The predicted molar refractivity (Wildman–Crippen MR) is 89.9 cm³/mol. The van der Waals surface area contributed by atoms with Crippen LogP contribution in [0.3, 0.4) is 0 Å². The molecule has 0 aromatic rings. The number of Topliss-reactive ketones (excluding diaryl/α,β-unsaturated/α-hetero) is 1. The fourth-order valence-corrected chi connectivity index (χ4v) is 8.00. The second kappa shape index (κ2) is 4.55. The molecule has 0 amide bonds. The van der Waals surface area contributed by atoms with Gasteiger partial charge in [-0.2, -0.15) is 0 Å². The van der Waals surface area contributed by atoms with E-state index in [1.165, 1.54) is 5.57 Å². The summed E-state index contributed by atoms with van der Waals surface area (Å²) in [5, 5.41) is 0. The van der Waals surface area contributed by atoms with Gasteiger partial charge in [0.1, 0.15) is 5.78 Å². The van der Waals surface area contributed by atoms with E-state index < -0.39 is 0 Å². The molecule has 22 heavy (non-hydrogen) atoms. The Labute approximate surface area is 141 Å². The molecule has 120 valence electrons. The number of hydrogen-bond acceptors (Lipinski definition) is 2. The summed E-state index contributed by atoms with van der Waals surface area (Å²) in [7, 11) is 0. The molecule has 0 bridgehead atoms. The largest absolute Gasteiger partial charge is 0.299 e. The highest BCUT2D eigenvalue weighted by atomic mass is 79.9. The lowest BCUT2D eigenvalue weighted by atomic mass is 9.47. The number of halogens is 1. The third-order valence-corrected chi connectivity index (χ3v) is 9.19. The lowest BCUT2D eigenvalue weighted by molar-refractivity contribution is -0.130. The molecule has 5 atom stereocenters. The standard InChI is InChI=1S/C19H25BrO2/c1-17-8-6-13(21)11-12(17)5-10-19(20)14-3-4-16(22)18(14,2)9-7-15(17)19/h11,14-15H,3-10H2,1-2H3/t14-,15-,17+,18+,19-/m1/s1. The minimum absolute atomic E-state index is 0.0959. The highest BCUT2D eigenvalue weighted by molar-refractivity contribution is 9.10. The smallest absolute Gasteiger partial charge is 0.155 e. The number of alkyl halides is 1. The first kappa shape index (κ1) is 15.1. The van der Waals surface area contributed by atoms with Crippen molar-refractivity contribution in [2.75, 3.05) is 0 Å². The number of carbonyl (C=O) groups excluding carboxylic acids is 2. The van der Waals surface area contributed by atoms with Crippen LogP contribution in [-0.4, -0.2) is 15.9 Å². The lowest BCUT2D eigenvalue weighted by Gasteiger charge is -2.61. The van der Waals surface area contributed by atoms with Gasteiger partial charge in [0.15, 0.2) is 5.78 Å². The van der Waals surface area contributed by atoms with E-state index in [0.29, 0.717) is 29.8 Å². The van der Waals surface area contributed by atoms with Gasteiger partial charge in [-0.15, -0.1) is 0 Å². The minimum atomic E-state index is -0.109. The van der Waals surface area contributed by atoms with Crippen LogP contribution in [-0.2, 0) is 9.59 Å². The van der Waals surface area contributed by atoms with E-state index in [-0.39, 0.29) is 15.2 Å². The normalized spacial score (nSPS) is 51.0. The summed E-state index contributed by atoms with van der Waals surface area (Å²) in [6.45, 7) is 4.59. The van der Waals surface area contributed by atoms with Crippen molar-refractivity contribution in [3.05, 3.63) is 11.6 Å². The van der Waals surface area contributed by atoms with Gasteiger partial charge >= 0.3 is 0 Å². The van der Waals surface area contributed by atoms with Crippen LogP contribution in [0.2, 0.25) is 0 Å². The Balaban J connectivity index is 1.77. The molecule has 0 unspecified atom stereocenters. The molecular weight excluding hydrogens is 340 g/mol. The van der Waals surface area contributed by atoms with Crippen LogP contribution in [0.4, 0.5) is 0 Å². The van der Waals surface area contributed by atoms with E-state index in [9.17, 15) is 9.59 Å². The van der Waals surface area contributed by atoms with Crippen LogP contribution in [0.15, 0.2) is 11.6 Å². The Morgan fingerprint density at radius 2 is 1.68 bits per heavy atom. The summed E-state index contributed by atoms with van der Waals surface area (Å²) in [6.07, 6.45) is 9.70. The molecule has 4 rings (SSSR count). The van der Waals surface area contributed by atoms with E-state index >= 15 is 0 Å². The maximum Gasteiger partial charge on any atom is 0.155 e. The van der Waals surface area contributed by atoms with Crippen molar-refractivity contribution in [3.63, 3.8) is 0 Å². The number of rotatable bonds is 0. The van der Waals surface area contributed by atoms with Gasteiger partial charge in [0, 0.05) is 22.6 Å². The van der Waals surface area contributed by atoms with Crippen molar-refractivity contribution in [1.29, 1.82) is 0 Å². The first-order chi connectivity index (χ1) is 10.3. The Morgan fingerprint density at radius 1 is 0.955 bits per heavy atom. The van der Waals surface area contributed by atoms with E-state index in [1.54, 1.807) is 0 Å². The average molecular weight is 365 g/mol. The molecule has 0 aliphatic heterocycles. The molecule has 0 aromatic heterocycles. The first-order valence-corrected chi connectivity index (χ1v) is 9.56. The van der Waals surface area contributed by atoms with Gasteiger partial charge in [0.25, 0.3) is 0 Å². The summed E-state index contributed by atoms with van der Waals surface area (Å²) in [6, 6.07) is 0. The second-order valence-electron chi connectivity index (χ2n) is 8.50. The fraction of sp³-hybridized carbons (Fsp3) is 0.789. The summed E-state index contributed by atoms with van der Waals surface area (Å²) < 4.78 is 0.0959. The molecule has 4 aliphatic rings. The van der Waals surface area contributed by atoms with Crippen molar-refractivity contribution in [2.24, 2.45) is 22.7 Å². The van der Waals surface area contributed by atoms with Gasteiger partial charge in [0.05, 0.1) is 0 Å². The highest BCUT2D eigenvalue weighted by Crippen LogP contribution is 2.68. The van der Waals surface area contributed by atoms with Crippen LogP contribution in [0.5, 0.6) is 0 Å². The van der Waals surface area contributed by atoms with Gasteiger partial charge in [-0.25, -0.2) is 0 Å². The van der Waals surface area contributed by atoms with Gasteiger partial charge in [-0.05, 0) is 61.9 Å². The number of fused-ring (bicyclic) bond motifs is 5. The molecule has 0 spiro atoms. The lowest BCUT2D eigenvalue weighted by Crippen LogP contribution is -2.58. The summed E-state index contributed by atoms with van der Waals surface area (Å²) in [5.74, 6) is 1.84. The van der Waals surface area contributed by atoms with Gasteiger partial charge < -0.3 is 0 Å². The SMILES string of the molecule is C[C@]12CCC(=O)C=C1CC[C@]1(Br)[C@@H]2CC[C@]2(C)C(=O)CC[C@@H]12. The number of hydrogen-bond donors (Lipinski definition) is 0. The fourth-order valence-electron chi connectivity index (χ4n) is 6.34. The molecule has 0 radical (unpaired) electrons. The maximum absolute atomic E-state index is 12.5. The van der Waals surface area contributed by atoms with Crippen molar-refractivity contribution >= 4 is 27.5 Å². The van der Waals surface area contributed by atoms with Crippen molar-refractivity contribution in [3.8, 4) is 0 Å². The van der Waals surface area contributed by atoms with Crippen LogP contribution in [0.1, 0.15) is 65.2 Å². The monoisotopic (exact) mass is 364 g/mol. The number of allylic oxidation sites excluding steroid dienone is 1. The van der Waals surface area contributed by atoms with Crippen LogP contribution in [0, 0.1) is 22.7 Å². The molecule has 3 saturated carbocycles. The minimum Gasteiger partial charge on any atom is -0.299 e. The summed E-state index contributed by atoms with van der Waals surface area (Å²) >= 11 is 4.19. The van der Waals surface area contributed by atoms with E-state index in [0.717, 1.165) is 44.9 Å². The third-order valence-electron chi connectivity index (χ3n) is 7.68. The second-order valence-corrected chi connectivity index (χ2v) is 9.98. The summed E-state index contributed by atoms with van der Waals surface area (Å²) in [4.78, 5) is 24.3.